The highest BCUT2D eigenvalue weighted by atomic mass is 14.8. The lowest BCUT2D eigenvalue weighted by Crippen LogP contribution is -1.96. The van der Waals surface area contributed by atoms with Gasteiger partial charge in [0.1, 0.15) is 0 Å². The van der Waals surface area contributed by atoms with Crippen molar-refractivity contribution in [2.75, 3.05) is 0 Å². The zero-order chi connectivity index (χ0) is 10.5. The van der Waals surface area contributed by atoms with Crippen LogP contribution in [-0.4, -0.2) is 9.97 Å². The third kappa shape index (κ3) is 2.88. The monoisotopic (exact) mass is 198 g/mol. The highest BCUT2D eigenvalue weighted by Crippen LogP contribution is 2.04. The molecule has 0 fully saturated rings. The first-order valence-corrected chi connectivity index (χ1v) is 5.16. The highest BCUT2D eigenvalue weighted by Gasteiger charge is 1.97. The topological polar surface area (TPSA) is 25.8 Å². The molecule has 0 aliphatic heterocycles. The average Bonchev–Trinajstić information content (AvgIpc) is 2.28. The predicted molar refractivity (Wildman–Crippen MR) is 60.6 cm³/mol. The van der Waals surface area contributed by atoms with Crippen molar-refractivity contribution in [2.24, 2.45) is 0 Å². The normalized spacial score (nSPS) is 10.2. The van der Waals surface area contributed by atoms with E-state index in [1.54, 1.807) is 6.20 Å². The molecule has 2 rings (SSSR count). The fourth-order valence-electron chi connectivity index (χ4n) is 1.55. The Morgan fingerprint density at radius 2 is 1.80 bits per heavy atom. The first kappa shape index (κ1) is 9.84. The molecule has 0 bridgehead atoms. The summed E-state index contributed by atoms with van der Waals surface area (Å²) in [6.45, 7) is 1.97. The Morgan fingerprint density at radius 1 is 1.00 bits per heavy atom. The molecule has 0 aliphatic rings. The quantitative estimate of drug-likeness (QED) is 0.757. The van der Waals surface area contributed by atoms with E-state index in [0.717, 1.165) is 24.2 Å². The zero-order valence-electron chi connectivity index (χ0n) is 8.85. The van der Waals surface area contributed by atoms with E-state index in [-0.39, 0.29) is 0 Å². The first-order valence-electron chi connectivity index (χ1n) is 5.16. The third-order valence-electron chi connectivity index (χ3n) is 2.32. The lowest BCUT2D eigenvalue weighted by Gasteiger charge is -2.01. The van der Waals surface area contributed by atoms with Crippen LogP contribution in [0.5, 0.6) is 0 Å². The van der Waals surface area contributed by atoms with Crippen molar-refractivity contribution in [3.05, 3.63) is 59.7 Å². The summed E-state index contributed by atoms with van der Waals surface area (Å²) in [5.74, 6) is 0. The molecule has 0 amide bonds. The molecule has 0 saturated heterocycles. The maximum atomic E-state index is 4.43. The summed E-state index contributed by atoms with van der Waals surface area (Å²) in [5.41, 5.74) is 3.40. The average molecular weight is 198 g/mol. The Kier molecular flexibility index (Phi) is 3.08. The predicted octanol–water partition coefficient (Wildman–Crippen LogP) is 2.57. The molecule has 2 aromatic rings. The number of rotatable bonds is 3. The third-order valence-corrected chi connectivity index (χ3v) is 2.32. The van der Waals surface area contributed by atoms with Crippen LogP contribution in [0, 0.1) is 6.92 Å². The highest BCUT2D eigenvalue weighted by molar-refractivity contribution is 5.16. The van der Waals surface area contributed by atoms with Gasteiger partial charge in [0.15, 0.2) is 0 Å². The Labute approximate surface area is 90.0 Å². The van der Waals surface area contributed by atoms with Gasteiger partial charge in [0, 0.05) is 12.4 Å². The number of benzene rings is 1. The largest absolute Gasteiger partial charge is 0.261 e. The second kappa shape index (κ2) is 4.69. The minimum Gasteiger partial charge on any atom is -0.261 e. The molecule has 1 aromatic carbocycles. The van der Waals surface area contributed by atoms with Gasteiger partial charge < -0.3 is 0 Å². The zero-order valence-corrected chi connectivity index (χ0v) is 8.85. The number of aryl methyl sites for hydroxylation is 3. The number of hydrogen-bond acceptors (Lipinski definition) is 2. The lowest BCUT2D eigenvalue weighted by molar-refractivity contribution is 0.885. The van der Waals surface area contributed by atoms with Gasteiger partial charge in [0.05, 0.1) is 11.4 Å². The minimum atomic E-state index is 0.957. The van der Waals surface area contributed by atoms with Crippen molar-refractivity contribution in [1.29, 1.82) is 0 Å². The Morgan fingerprint density at radius 3 is 2.53 bits per heavy atom. The molecular weight excluding hydrogens is 184 g/mol. The van der Waals surface area contributed by atoms with Crippen LogP contribution in [0.4, 0.5) is 0 Å². The van der Waals surface area contributed by atoms with Gasteiger partial charge in [-0.25, -0.2) is 0 Å². The molecule has 2 heteroatoms. The molecular formula is C13H14N2. The summed E-state index contributed by atoms with van der Waals surface area (Å²) in [6.07, 6.45) is 5.61. The van der Waals surface area contributed by atoms with Gasteiger partial charge in [0.2, 0.25) is 0 Å². The SMILES string of the molecule is Cc1cncc(CCc2ccccc2)n1. The molecule has 1 heterocycles. The van der Waals surface area contributed by atoms with Crippen LogP contribution in [0.25, 0.3) is 0 Å². The van der Waals surface area contributed by atoms with E-state index in [9.17, 15) is 0 Å². The number of aromatic nitrogens is 2. The van der Waals surface area contributed by atoms with E-state index >= 15 is 0 Å². The summed E-state index contributed by atoms with van der Waals surface area (Å²) in [4.78, 5) is 8.56. The van der Waals surface area contributed by atoms with Gasteiger partial charge in [-0.15, -0.1) is 0 Å². The van der Waals surface area contributed by atoms with Gasteiger partial charge >= 0.3 is 0 Å². The number of hydrogen-bond donors (Lipinski definition) is 0. The summed E-state index contributed by atoms with van der Waals surface area (Å²) in [6, 6.07) is 10.5. The van der Waals surface area contributed by atoms with Gasteiger partial charge in [-0.1, -0.05) is 30.3 Å². The smallest absolute Gasteiger partial charge is 0.0593 e. The fraction of sp³-hybridized carbons (Fsp3) is 0.231. The van der Waals surface area contributed by atoms with Crippen LogP contribution < -0.4 is 0 Å². The van der Waals surface area contributed by atoms with Crippen LogP contribution in [0.15, 0.2) is 42.7 Å². The summed E-state index contributed by atoms with van der Waals surface area (Å²) < 4.78 is 0. The molecule has 0 unspecified atom stereocenters. The van der Waals surface area contributed by atoms with Crippen LogP contribution in [0.2, 0.25) is 0 Å². The Bertz CT molecular complexity index is 424. The van der Waals surface area contributed by atoms with Crippen molar-refractivity contribution in [1.82, 2.24) is 9.97 Å². The van der Waals surface area contributed by atoms with E-state index < -0.39 is 0 Å². The van der Waals surface area contributed by atoms with E-state index in [0.29, 0.717) is 0 Å². The molecule has 0 atom stereocenters. The van der Waals surface area contributed by atoms with E-state index in [1.165, 1.54) is 5.56 Å². The molecule has 0 radical (unpaired) electrons. The molecule has 0 spiro atoms. The molecule has 2 nitrogen and oxygen atoms in total. The summed E-state index contributed by atoms with van der Waals surface area (Å²) in [7, 11) is 0. The van der Waals surface area contributed by atoms with Crippen molar-refractivity contribution in [3.8, 4) is 0 Å². The van der Waals surface area contributed by atoms with Crippen LogP contribution in [0.3, 0.4) is 0 Å². The molecule has 1 aromatic heterocycles. The van der Waals surface area contributed by atoms with Gasteiger partial charge in [-0.05, 0) is 25.3 Å². The summed E-state index contributed by atoms with van der Waals surface area (Å²) >= 11 is 0. The van der Waals surface area contributed by atoms with Gasteiger partial charge in [-0.3, -0.25) is 9.97 Å². The number of nitrogens with zero attached hydrogens (tertiary/aromatic N) is 2. The van der Waals surface area contributed by atoms with Crippen molar-refractivity contribution in [3.63, 3.8) is 0 Å². The van der Waals surface area contributed by atoms with Crippen LogP contribution in [-0.2, 0) is 12.8 Å². The van der Waals surface area contributed by atoms with Gasteiger partial charge in [-0.2, -0.15) is 0 Å². The Balaban J connectivity index is 1.99. The minimum absolute atomic E-state index is 0.957. The fourth-order valence-corrected chi connectivity index (χ4v) is 1.55. The summed E-state index contributed by atoms with van der Waals surface area (Å²) in [5, 5.41) is 0. The second-order valence-corrected chi connectivity index (χ2v) is 3.64. The second-order valence-electron chi connectivity index (χ2n) is 3.64. The van der Waals surface area contributed by atoms with Crippen LogP contribution >= 0.6 is 0 Å². The van der Waals surface area contributed by atoms with E-state index in [2.05, 4.69) is 34.2 Å². The van der Waals surface area contributed by atoms with Crippen molar-refractivity contribution < 1.29 is 0 Å². The molecule has 0 saturated carbocycles. The maximum absolute atomic E-state index is 4.43. The first-order chi connectivity index (χ1) is 7.34. The van der Waals surface area contributed by atoms with E-state index in [1.807, 2.05) is 19.2 Å². The van der Waals surface area contributed by atoms with Crippen LogP contribution in [0.1, 0.15) is 17.0 Å². The molecule has 15 heavy (non-hydrogen) atoms. The maximum Gasteiger partial charge on any atom is 0.0593 e. The molecule has 0 N–H and O–H groups in total. The van der Waals surface area contributed by atoms with Gasteiger partial charge in [0.25, 0.3) is 0 Å². The molecule has 76 valence electrons. The Hall–Kier alpha value is -1.70. The lowest BCUT2D eigenvalue weighted by atomic mass is 10.1. The molecule has 0 aliphatic carbocycles. The van der Waals surface area contributed by atoms with E-state index in [4.69, 9.17) is 0 Å². The standard InChI is InChI=1S/C13H14N2/c1-11-9-14-10-13(15-11)8-7-12-5-3-2-4-6-12/h2-6,9-10H,7-8H2,1H3. The van der Waals surface area contributed by atoms with Crippen molar-refractivity contribution >= 4 is 0 Å². The van der Waals surface area contributed by atoms with Crippen molar-refractivity contribution in [2.45, 2.75) is 19.8 Å².